The summed E-state index contributed by atoms with van der Waals surface area (Å²) >= 11 is 2.08. The number of rotatable bonds is 6. The van der Waals surface area contributed by atoms with Gasteiger partial charge in [0, 0.05) is 16.2 Å². The minimum absolute atomic E-state index is 0.646. The molecule has 0 saturated heterocycles. The lowest BCUT2D eigenvalue weighted by Crippen LogP contribution is -2.43. The second-order valence-electron chi connectivity index (χ2n) is 5.33. The Hall–Kier alpha value is -0.470. The zero-order valence-electron chi connectivity index (χ0n) is 11.8. The minimum Gasteiger partial charge on any atom is -0.313 e. The summed E-state index contributed by atoms with van der Waals surface area (Å²) in [6.45, 7) is 8.08. The zero-order chi connectivity index (χ0) is 13.0. The maximum atomic E-state index is 3.78. The van der Waals surface area contributed by atoms with E-state index >= 15 is 0 Å². The maximum absolute atomic E-state index is 3.78. The average Bonchev–Trinajstić information content (AvgIpc) is 2.82. The Morgan fingerprint density at radius 3 is 2.78 bits per heavy atom. The van der Waals surface area contributed by atoms with Crippen molar-refractivity contribution in [2.75, 3.05) is 6.54 Å². The summed E-state index contributed by atoms with van der Waals surface area (Å²) < 4.78 is 0. The molecule has 2 heteroatoms. The van der Waals surface area contributed by atoms with Crippen LogP contribution < -0.4 is 5.32 Å². The first-order chi connectivity index (χ1) is 8.76. The van der Waals surface area contributed by atoms with Gasteiger partial charge in [-0.05, 0) is 36.9 Å². The van der Waals surface area contributed by atoms with Crippen molar-refractivity contribution in [2.24, 2.45) is 5.92 Å². The van der Waals surface area contributed by atoms with Gasteiger partial charge in [-0.15, -0.1) is 11.8 Å². The molecule has 3 atom stereocenters. The van der Waals surface area contributed by atoms with Gasteiger partial charge in [-0.1, -0.05) is 45.4 Å². The molecule has 0 fully saturated rings. The van der Waals surface area contributed by atoms with Crippen LogP contribution in [0.5, 0.6) is 0 Å². The third kappa shape index (κ3) is 3.10. The lowest BCUT2D eigenvalue weighted by Gasteiger charge is -2.29. The lowest BCUT2D eigenvalue weighted by molar-refractivity contribution is 0.358. The fourth-order valence-corrected chi connectivity index (χ4v) is 4.23. The first-order valence-corrected chi connectivity index (χ1v) is 8.12. The number of hydrogen-bond donors (Lipinski definition) is 1. The molecule has 0 spiro atoms. The Kier molecular flexibility index (Phi) is 5.13. The molecule has 1 heterocycles. The third-order valence-corrected chi connectivity index (χ3v) is 5.37. The van der Waals surface area contributed by atoms with Crippen LogP contribution in [0, 0.1) is 5.92 Å². The van der Waals surface area contributed by atoms with Crippen LogP contribution in [0.4, 0.5) is 0 Å². The molecule has 1 N–H and O–H groups in total. The van der Waals surface area contributed by atoms with E-state index in [2.05, 4.69) is 62.1 Å². The van der Waals surface area contributed by atoms with E-state index in [9.17, 15) is 0 Å². The van der Waals surface area contributed by atoms with E-state index in [1.54, 1.807) is 5.56 Å². The van der Waals surface area contributed by atoms with Crippen molar-refractivity contribution < 1.29 is 0 Å². The zero-order valence-corrected chi connectivity index (χ0v) is 12.6. The monoisotopic (exact) mass is 263 g/mol. The van der Waals surface area contributed by atoms with Crippen LogP contribution in [0.1, 0.15) is 39.2 Å². The molecular formula is C16H25NS. The molecule has 0 amide bonds. The van der Waals surface area contributed by atoms with Gasteiger partial charge < -0.3 is 5.32 Å². The van der Waals surface area contributed by atoms with Gasteiger partial charge in [0.25, 0.3) is 0 Å². The Bertz CT molecular complexity index is 352. The Labute approximate surface area is 116 Å². The predicted molar refractivity (Wildman–Crippen MR) is 81.3 cm³/mol. The summed E-state index contributed by atoms with van der Waals surface area (Å²) in [5.74, 6) is 0.753. The molecule has 18 heavy (non-hydrogen) atoms. The molecule has 0 aromatic heterocycles. The molecule has 0 radical (unpaired) electrons. The van der Waals surface area contributed by atoms with Gasteiger partial charge in [0.2, 0.25) is 0 Å². The topological polar surface area (TPSA) is 12.0 Å². The predicted octanol–water partition coefficient (Wildman–Crippen LogP) is 4.12. The van der Waals surface area contributed by atoms with Crippen molar-refractivity contribution in [3.05, 3.63) is 29.8 Å². The summed E-state index contributed by atoms with van der Waals surface area (Å²) in [5, 5.41) is 4.49. The molecule has 1 nitrogen and oxygen atoms in total. The van der Waals surface area contributed by atoms with Crippen LogP contribution in [0.2, 0.25) is 0 Å². The van der Waals surface area contributed by atoms with Crippen molar-refractivity contribution >= 4 is 11.8 Å². The van der Waals surface area contributed by atoms with Crippen LogP contribution in [-0.2, 0) is 6.42 Å². The van der Waals surface area contributed by atoms with E-state index in [-0.39, 0.29) is 0 Å². The van der Waals surface area contributed by atoms with E-state index in [0.29, 0.717) is 11.3 Å². The molecule has 1 aliphatic heterocycles. The normalized spacial score (nSPS) is 21.6. The van der Waals surface area contributed by atoms with Crippen LogP contribution in [-0.4, -0.2) is 17.8 Å². The van der Waals surface area contributed by atoms with Crippen LogP contribution in [0.15, 0.2) is 29.2 Å². The minimum atomic E-state index is 0.646. The molecule has 3 unspecified atom stereocenters. The SMILES string of the molecule is CCCNC(C(C)CC)C1Cc2ccccc2S1. The lowest BCUT2D eigenvalue weighted by atomic mass is 9.93. The van der Waals surface area contributed by atoms with Crippen molar-refractivity contribution in [3.63, 3.8) is 0 Å². The number of fused-ring (bicyclic) bond motifs is 1. The van der Waals surface area contributed by atoms with Crippen molar-refractivity contribution in [2.45, 2.75) is 56.2 Å². The van der Waals surface area contributed by atoms with Gasteiger partial charge in [0.05, 0.1) is 0 Å². The quantitative estimate of drug-likeness (QED) is 0.828. The average molecular weight is 263 g/mol. The first-order valence-electron chi connectivity index (χ1n) is 7.24. The van der Waals surface area contributed by atoms with Gasteiger partial charge in [-0.2, -0.15) is 0 Å². The van der Waals surface area contributed by atoms with Gasteiger partial charge in [-0.3, -0.25) is 0 Å². The molecule has 0 aliphatic carbocycles. The largest absolute Gasteiger partial charge is 0.313 e. The van der Waals surface area contributed by atoms with Crippen molar-refractivity contribution in [3.8, 4) is 0 Å². The Morgan fingerprint density at radius 1 is 1.33 bits per heavy atom. The highest BCUT2D eigenvalue weighted by Crippen LogP contribution is 2.40. The number of benzene rings is 1. The molecule has 1 aliphatic rings. The molecule has 2 rings (SSSR count). The number of hydrogen-bond acceptors (Lipinski definition) is 2. The molecule has 1 aromatic carbocycles. The Morgan fingerprint density at radius 2 is 2.11 bits per heavy atom. The van der Waals surface area contributed by atoms with Crippen LogP contribution in [0.3, 0.4) is 0 Å². The van der Waals surface area contributed by atoms with Gasteiger partial charge in [-0.25, -0.2) is 0 Å². The van der Waals surface area contributed by atoms with E-state index in [4.69, 9.17) is 0 Å². The fraction of sp³-hybridized carbons (Fsp3) is 0.625. The standard InChI is InChI=1S/C16H25NS/c1-4-10-17-16(12(3)5-2)15-11-13-8-6-7-9-14(13)18-15/h6-9,12,15-17H,4-5,10-11H2,1-3H3. The third-order valence-electron chi connectivity index (χ3n) is 3.96. The van der Waals surface area contributed by atoms with Gasteiger partial charge in [0.15, 0.2) is 0 Å². The fourth-order valence-electron chi connectivity index (χ4n) is 2.67. The molecule has 1 aromatic rings. The van der Waals surface area contributed by atoms with Crippen molar-refractivity contribution in [1.29, 1.82) is 0 Å². The molecule has 100 valence electrons. The smallest absolute Gasteiger partial charge is 0.0291 e. The summed E-state index contributed by atoms with van der Waals surface area (Å²) in [7, 11) is 0. The van der Waals surface area contributed by atoms with E-state index < -0.39 is 0 Å². The van der Waals surface area contributed by atoms with Gasteiger partial charge in [0.1, 0.15) is 0 Å². The maximum Gasteiger partial charge on any atom is 0.0291 e. The highest BCUT2D eigenvalue weighted by molar-refractivity contribution is 8.00. The number of thioether (sulfide) groups is 1. The highest BCUT2D eigenvalue weighted by Gasteiger charge is 2.31. The first kappa shape index (κ1) is 14.0. The van der Waals surface area contributed by atoms with Gasteiger partial charge >= 0.3 is 0 Å². The molecule has 0 saturated carbocycles. The van der Waals surface area contributed by atoms with Crippen LogP contribution >= 0.6 is 11.8 Å². The second kappa shape index (κ2) is 6.63. The van der Waals surface area contributed by atoms with E-state index in [1.807, 2.05) is 0 Å². The molecule has 0 bridgehead atoms. The van der Waals surface area contributed by atoms with Crippen molar-refractivity contribution in [1.82, 2.24) is 5.32 Å². The summed E-state index contributed by atoms with van der Waals surface area (Å²) in [6, 6.07) is 9.53. The number of nitrogens with one attached hydrogen (secondary N) is 1. The van der Waals surface area contributed by atoms with E-state index in [1.165, 1.54) is 24.2 Å². The summed E-state index contributed by atoms with van der Waals surface area (Å²) in [4.78, 5) is 1.49. The second-order valence-corrected chi connectivity index (χ2v) is 6.61. The Balaban J connectivity index is 2.05. The van der Waals surface area contributed by atoms with E-state index in [0.717, 1.165) is 12.5 Å². The molecular weight excluding hydrogens is 238 g/mol. The summed E-state index contributed by atoms with van der Waals surface area (Å²) in [6.07, 6.45) is 3.71. The van der Waals surface area contributed by atoms with Crippen LogP contribution in [0.25, 0.3) is 0 Å². The summed E-state index contributed by atoms with van der Waals surface area (Å²) in [5.41, 5.74) is 1.54. The highest BCUT2D eigenvalue weighted by atomic mass is 32.2.